The van der Waals surface area contributed by atoms with E-state index in [1.165, 1.54) is 12.0 Å². The van der Waals surface area contributed by atoms with Gasteiger partial charge in [0.05, 0.1) is 0 Å². The Labute approximate surface area is 197 Å². The number of amides is 1. The summed E-state index contributed by atoms with van der Waals surface area (Å²) in [6, 6.07) is 19.7. The second-order valence-electron chi connectivity index (χ2n) is 9.41. The minimum Gasteiger partial charge on any atom is -0.354 e. The standard InChI is InChI=1S/C27H37N5O/c1-20-16-25(14-15-32(20)19-21-8-4-3-5-9-21)31-27(28-2)29-18-22-10-6-13-24(17-22)30-26(33)23-11-7-12-23/h3-6,8-10,13,17,20,23,25H,7,11-12,14-16,18-19H2,1-2H3,(H,30,33)(H2,28,29,31). The van der Waals surface area contributed by atoms with Gasteiger partial charge in [0, 0.05) is 50.4 Å². The molecular weight excluding hydrogens is 410 g/mol. The normalized spacial score (nSPS) is 21.8. The number of likely N-dealkylation sites (tertiary alicyclic amines) is 1. The molecule has 1 amide bonds. The molecule has 6 heteroatoms. The van der Waals surface area contributed by atoms with Gasteiger partial charge in [-0.2, -0.15) is 0 Å². The van der Waals surface area contributed by atoms with Crippen LogP contribution >= 0.6 is 0 Å². The fourth-order valence-corrected chi connectivity index (χ4v) is 4.65. The van der Waals surface area contributed by atoms with Crippen LogP contribution in [-0.4, -0.2) is 42.4 Å². The van der Waals surface area contributed by atoms with Crippen LogP contribution in [0.15, 0.2) is 59.6 Å². The summed E-state index contributed by atoms with van der Waals surface area (Å²) in [4.78, 5) is 19.2. The van der Waals surface area contributed by atoms with Crippen molar-refractivity contribution >= 4 is 17.6 Å². The molecule has 2 aliphatic rings. The van der Waals surface area contributed by atoms with Gasteiger partial charge in [-0.1, -0.05) is 48.9 Å². The summed E-state index contributed by atoms with van der Waals surface area (Å²) in [6.45, 7) is 5.06. The lowest BCUT2D eigenvalue weighted by Crippen LogP contribution is -2.51. The smallest absolute Gasteiger partial charge is 0.227 e. The summed E-state index contributed by atoms with van der Waals surface area (Å²) in [7, 11) is 1.82. The highest BCUT2D eigenvalue weighted by atomic mass is 16.1. The molecule has 6 nitrogen and oxygen atoms in total. The van der Waals surface area contributed by atoms with Crippen LogP contribution in [0.1, 0.15) is 50.2 Å². The van der Waals surface area contributed by atoms with Crippen LogP contribution in [0.2, 0.25) is 0 Å². The largest absolute Gasteiger partial charge is 0.354 e. The van der Waals surface area contributed by atoms with Crippen molar-refractivity contribution in [2.75, 3.05) is 18.9 Å². The van der Waals surface area contributed by atoms with E-state index in [1.54, 1.807) is 0 Å². The van der Waals surface area contributed by atoms with Gasteiger partial charge in [-0.15, -0.1) is 0 Å². The number of anilines is 1. The van der Waals surface area contributed by atoms with Crippen molar-refractivity contribution in [3.05, 3.63) is 65.7 Å². The van der Waals surface area contributed by atoms with E-state index in [4.69, 9.17) is 0 Å². The zero-order chi connectivity index (χ0) is 23.0. The molecular formula is C27H37N5O. The summed E-state index contributed by atoms with van der Waals surface area (Å²) in [5.41, 5.74) is 3.36. The van der Waals surface area contributed by atoms with Crippen molar-refractivity contribution in [3.63, 3.8) is 0 Å². The lowest BCUT2D eigenvalue weighted by Gasteiger charge is -2.38. The zero-order valence-electron chi connectivity index (χ0n) is 19.9. The molecule has 2 aromatic carbocycles. The number of nitrogens with one attached hydrogen (secondary N) is 3. The molecule has 3 N–H and O–H groups in total. The third-order valence-corrected chi connectivity index (χ3v) is 6.94. The minimum atomic E-state index is 0.150. The van der Waals surface area contributed by atoms with E-state index in [-0.39, 0.29) is 11.8 Å². The van der Waals surface area contributed by atoms with E-state index in [2.05, 4.69) is 69.2 Å². The minimum absolute atomic E-state index is 0.150. The molecule has 2 aromatic rings. The van der Waals surface area contributed by atoms with Crippen LogP contribution in [0, 0.1) is 5.92 Å². The number of piperidine rings is 1. The lowest BCUT2D eigenvalue weighted by molar-refractivity contribution is -0.122. The topological polar surface area (TPSA) is 68.8 Å². The third kappa shape index (κ3) is 6.57. The molecule has 176 valence electrons. The maximum Gasteiger partial charge on any atom is 0.227 e. The molecule has 2 unspecified atom stereocenters. The molecule has 1 aliphatic heterocycles. The number of benzene rings is 2. The van der Waals surface area contributed by atoms with E-state index >= 15 is 0 Å². The Balaban J connectivity index is 1.24. The van der Waals surface area contributed by atoms with Gasteiger partial charge in [-0.05, 0) is 55.9 Å². The number of rotatable bonds is 7. The molecule has 1 saturated heterocycles. The van der Waals surface area contributed by atoms with E-state index in [1.807, 2.05) is 25.2 Å². The molecule has 0 aromatic heterocycles. The van der Waals surface area contributed by atoms with Gasteiger partial charge in [-0.3, -0.25) is 14.7 Å². The fourth-order valence-electron chi connectivity index (χ4n) is 4.65. The monoisotopic (exact) mass is 447 g/mol. The van der Waals surface area contributed by atoms with Gasteiger partial charge < -0.3 is 16.0 Å². The van der Waals surface area contributed by atoms with Crippen LogP contribution in [0.4, 0.5) is 5.69 Å². The second-order valence-corrected chi connectivity index (χ2v) is 9.41. The van der Waals surface area contributed by atoms with Crippen molar-refractivity contribution in [2.45, 2.75) is 64.2 Å². The molecule has 2 fully saturated rings. The van der Waals surface area contributed by atoms with E-state index in [9.17, 15) is 4.79 Å². The Hall–Kier alpha value is -2.86. The van der Waals surface area contributed by atoms with Crippen molar-refractivity contribution in [2.24, 2.45) is 10.9 Å². The number of hydrogen-bond acceptors (Lipinski definition) is 3. The Morgan fingerprint density at radius 3 is 2.55 bits per heavy atom. The Morgan fingerprint density at radius 1 is 1.06 bits per heavy atom. The summed E-state index contributed by atoms with van der Waals surface area (Å²) in [5, 5.41) is 10.1. The Kier molecular flexibility index (Phi) is 8.00. The first-order valence-electron chi connectivity index (χ1n) is 12.3. The van der Waals surface area contributed by atoms with Crippen LogP contribution < -0.4 is 16.0 Å². The van der Waals surface area contributed by atoms with Gasteiger partial charge in [0.15, 0.2) is 5.96 Å². The maximum absolute atomic E-state index is 12.2. The number of aliphatic imine (C=N–C) groups is 1. The summed E-state index contributed by atoms with van der Waals surface area (Å²) in [5.74, 6) is 1.17. The zero-order valence-corrected chi connectivity index (χ0v) is 19.9. The van der Waals surface area contributed by atoms with Gasteiger partial charge in [-0.25, -0.2) is 0 Å². The molecule has 4 rings (SSSR count). The fraction of sp³-hybridized carbons (Fsp3) is 0.481. The van der Waals surface area contributed by atoms with Crippen molar-refractivity contribution in [1.29, 1.82) is 0 Å². The molecule has 33 heavy (non-hydrogen) atoms. The van der Waals surface area contributed by atoms with Gasteiger partial charge in [0.25, 0.3) is 0 Å². The molecule has 0 radical (unpaired) electrons. The van der Waals surface area contributed by atoms with E-state index < -0.39 is 0 Å². The van der Waals surface area contributed by atoms with Crippen molar-refractivity contribution in [1.82, 2.24) is 15.5 Å². The molecule has 0 bridgehead atoms. The van der Waals surface area contributed by atoms with Gasteiger partial charge in [0.2, 0.25) is 5.91 Å². The first-order valence-corrected chi connectivity index (χ1v) is 12.3. The Bertz CT molecular complexity index is 941. The molecule has 1 heterocycles. The first kappa shape index (κ1) is 23.3. The lowest BCUT2D eigenvalue weighted by atomic mass is 9.85. The SMILES string of the molecule is CN=C(NCc1cccc(NC(=O)C2CCC2)c1)NC1CCN(Cc2ccccc2)C(C)C1. The summed E-state index contributed by atoms with van der Waals surface area (Å²) in [6.07, 6.45) is 5.38. The first-order chi connectivity index (χ1) is 16.1. The highest BCUT2D eigenvalue weighted by molar-refractivity contribution is 5.93. The van der Waals surface area contributed by atoms with E-state index in [0.29, 0.717) is 18.6 Å². The number of carbonyl (C=O) groups excluding carboxylic acids is 1. The van der Waals surface area contributed by atoms with Crippen LogP contribution in [0.25, 0.3) is 0 Å². The predicted octanol–water partition coefficient (Wildman–Crippen LogP) is 4.14. The predicted molar refractivity (Wildman–Crippen MR) is 135 cm³/mol. The second kappa shape index (κ2) is 11.3. The van der Waals surface area contributed by atoms with Crippen molar-refractivity contribution < 1.29 is 4.79 Å². The molecule has 2 atom stereocenters. The third-order valence-electron chi connectivity index (χ3n) is 6.94. The Morgan fingerprint density at radius 2 is 1.85 bits per heavy atom. The average Bonchev–Trinajstić information content (AvgIpc) is 2.78. The quantitative estimate of drug-likeness (QED) is 0.441. The van der Waals surface area contributed by atoms with Crippen molar-refractivity contribution in [3.8, 4) is 0 Å². The van der Waals surface area contributed by atoms with Gasteiger partial charge >= 0.3 is 0 Å². The highest BCUT2D eigenvalue weighted by Gasteiger charge is 2.26. The molecule has 1 saturated carbocycles. The van der Waals surface area contributed by atoms with Crippen LogP contribution in [-0.2, 0) is 17.9 Å². The highest BCUT2D eigenvalue weighted by Crippen LogP contribution is 2.27. The van der Waals surface area contributed by atoms with Gasteiger partial charge in [0.1, 0.15) is 0 Å². The van der Waals surface area contributed by atoms with Crippen LogP contribution in [0.3, 0.4) is 0 Å². The molecule has 0 spiro atoms. The summed E-state index contributed by atoms with van der Waals surface area (Å²) >= 11 is 0. The molecule has 1 aliphatic carbocycles. The maximum atomic E-state index is 12.2. The number of nitrogens with zero attached hydrogens (tertiary/aromatic N) is 2. The summed E-state index contributed by atoms with van der Waals surface area (Å²) < 4.78 is 0. The average molecular weight is 448 g/mol. The number of carbonyl (C=O) groups is 1. The number of hydrogen-bond donors (Lipinski definition) is 3. The van der Waals surface area contributed by atoms with Crippen LogP contribution in [0.5, 0.6) is 0 Å². The number of guanidine groups is 1. The van der Waals surface area contributed by atoms with E-state index in [0.717, 1.165) is 56.0 Å².